The van der Waals surface area contributed by atoms with E-state index in [-0.39, 0.29) is 16.2 Å². The monoisotopic (exact) mass is 399 g/mol. The van der Waals surface area contributed by atoms with Crippen LogP contribution in [0.2, 0.25) is 0 Å². The molecule has 0 aliphatic carbocycles. The Balaban J connectivity index is 1.92. The predicted molar refractivity (Wildman–Crippen MR) is 89.8 cm³/mol. The first-order chi connectivity index (χ1) is 12.7. The molecule has 0 amide bonds. The third kappa shape index (κ3) is 5.56. The van der Waals surface area contributed by atoms with Crippen molar-refractivity contribution in [3.63, 3.8) is 0 Å². The van der Waals surface area contributed by atoms with E-state index < -0.39 is 46.6 Å². The minimum Gasteiger partial charge on any atom is -0.496 e. The molecule has 0 saturated carbocycles. The van der Waals surface area contributed by atoms with Gasteiger partial charge in [0, 0.05) is 0 Å². The molecule has 0 radical (unpaired) electrons. The number of carbonyl (C=O) groups excluding carboxylic acids is 2. The normalized spacial score (nSPS) is 11.1. The topological polar surface area (TPSA) is 98.8 Å². The number of sulfonamides is 1. The van der Waals surface area contributed by atoms with E-state index in [1.165, 1.54) is 13.2 Å². The zero-order chi connectivity index (χ0) is 20.0. The molecule has 0 bridgehead atoms. The lowest BCUT2D eigenvalue weighted by atomic mass is 10.1. The number of ether oxygens (including phenoxy) is 2. The van der Waals surface area contributed by atoms with Crippen molar-refractivity contribution in [2.24, 2.45) is 0 Å². The molecule has 27 heavy (non-hydrogen) atoms. The van der Waals surface area contributed by atoms with Crippen LogP contribution in [0, 0.1) is 11.6 Å². The molecule has 0 heterocycles. The molecule has 2 aromatic carbocycles. The molecular weight excluding hydrogens is 384 g/mol. The summed E-state index contributed by atoms with van der Waals surface area (Å²) in [6.45, 7) is -1.47. The number of methoxy groups -OCH3 is 1. The van der Waals surface area contributed by atoms with E-state index >= 15 is 0 Å². The van der Waals surface area contributed by atoms with Gasteiger partial charge in [-0.05, 0) is 42.5 Å². The minimum atomic E-state index is -4.05. The van der Waals surface area contributed by atoms with Gasteiger partial charge in [-0.1, -0.05) is 0 Å². The fourth-order valence-corrected chi connectivity index (χ4v) is 2.99. The van der Waals surface area contributed by atoms with E-state index in [4.69, 9.17) is 9.47 Å². The molecule has 0 saturated heterocycles. The SMILES string of the molecule is COc1ccc(F)cc1C(=O)COC(=O)CNS(=O)(=O)c1ccc(F)cc1. The van der Waals surface area contributed by atoms with Crippen LogP contribution in [0.15, 0.2) is 47.4 Å². The van der Waals surface area contributed by atoms with Crippen molar-refractivity contribution in [1.29, 1.82) is 0 Å². The van der Waals surface area contributed by atoms with Gasteiger partial charge in [-0.25, -0.2) is 17.2 Å². The maximum absolute atomic E-state index is 13.3. The number of halogens is 2. The number of Topliss-reactive ketones (excluding diaryl/α,β-unsaturated/α-hetero) is 1. The Morgan fingerprint density at radius 1 is 1.04 bits per heavy atom. The molecule has 0 aromatic heterocycles. The lowest BCUT2D eigenvalue weighted by Gasteiger charge is -2.09. The maximum Gasteiger partial charge on any atom is 0.321 e. The van der Waals surface area contributed by atoms with Crippen LogP contribution in [-0.2, 0) is 19.6 Å². The number of ketones is 1. The van der Waals surface area contributed by atoms with Crippen LogP contribution in [0.5, 0.6) is 5.75 Å². The van der Waals surface area contributed by atoms with E-state index in [1.54, 1.807) is 0 Å². The first-order valence-electron chi connectivity index (χ1n) is 7.50. The second kappa shape index (κ2) is 8.69. The first kappa shape index (κ1) is 20.5. The van der Waals surface area contributed by atoms with Crippen molar-refractivity contribution in [2.45, 2.75) is 4.90 Å². The molecule has 1 N–H and O–H groups in total. The summed E-state index contributed by atoms with van der Waals surface area (Å²) >= 11 is 0. The van der Waals surface area contributed by atoms with E-state index in [2.05, 4.69) is 0 Å². The van der Waals surface area contributed by atoms with Gasteiger partial charge in [0.1, 0.15) is 23.9 Å². The van der Waals surface area contributed by atoms with E-state index in [0.717, 1.165) is 36.4 Å². The van der Waals surface area contributed by atoms with Crippen molar-refractivity contribution >= 4 is 21.8 Å². The molecule has 0 atom stereocenters. The van der Waals surface area contributed by atoms with Crippen LogP contribution >= 0.6 is 0 Å². The number of rotatable bonds is 8. The smallest absolute Gasteiger partial charge is 0.321 e. The van der Waals surface area contributed by atoms with Gasteiger partial charge in [0.15, 0.2) is 6.61 Å². The summed E-state index contributed by atoms with van der Waals surface area (Å²) < 4.78 is 61.6. The first-order valence-corrected chi connectivity index (χ1v) is 8.99. The molecule has 7 nitrogen and oxygen atoms in total. The largest absolute Gasteiger partial charge is 0.496 e. The number of hydrogen-bond donors (Lipinski definition) is 1. The molecule has 0 aliphatic rings. The molecule has 0 fully saturated rings. The average molecular weight is 399 g/mol. The average Bonchev–Trinajstić information content (AvgIpc) is 2.64. The molecule has 2 rings (SSSR count). The number of benzene rings is 2. The van der Waals surface area contributed by atoms with Gasteiger partial charge in [-0.3, -0.25) is 9.59 Å². The predicted octanol–water partition coefficient (Wildman–Crippen LogP) is 1.68. The summed E-state index contributed by atoms with van der Waals surface area (Å²) in [4.78, 5) is 23.5. The molecule has 144 valence electrons. The lowest BCUT2D eigenvalue weighted by Crippen LogP contribution is -2.31. The number of carbonyl (C=O) groups is 2. The Kier molecular flexibility index (Phi) is 6.59. The highest BCUT2D eigenvalue weighted by molar-refractivity contribution is 7.89. The summed E-state index contributed by atoms with van der Waals surface area (Å²) in [7, 11) is -2.76. The molecule has 2 aromatic rings. The molecule has 0 spiro atoms. The molecular formula is C17H15F2NO6S. The second-order valence-corrected chi connectivity index (χ2v) is 6.97. The van der Waals surface area contributed by atoms with Crippen LogP contribution in [-0.4, -0.2) is 40.4 Å². The Bertz CT molecular complexity index is 944. The van der Waals surface area contributed by atoms with Gasteiger partial charge in [0.25, 0.3) is 0 Å². The van der Waals surface area contributed by atoms with Crippen LogP contribution in [0.4, 0.5) is 8.78 Å². The Morgan fingerprint density at radius 3 is 2.30 bits per heavy atom. The highest BCUT2D eigenvalue weighted by Gasteiger charge is 2.18. The van der Waals surface area contributed by atoms with Crippen molar-refractivity contribution in [3.8, 4) is 5.75 Å². The van der Waals surface area contributed by atoms with Crippen LogP contribution in [0.1, 0.15) is 10.4 Å². The molecule has 0 unspecified atom stereocenters. The second-order valence-electron chi connectivity index (χ2n) is 5.21. The van der Waals surface area contributed by atoms with Gasteiger partial charge in [0.05, 0.1) is 17.6 Å². The zero-order valence-electron chi connectivity index (χ0n) is 14.1. The lowest BCUT2D eigenvalue weighted by molar-refractivity contribution is -0.141. The summed E-state index contributed by atoms with van der Waals surface area (Å²) in [5.41, 5.74) is -0.114. The van der Waals surface area contributed by atoms with Crippen molar-refractivity contribution in [3.05, 3.63) is 59.7 Å². The third-order valence-corrected chi connectivity index (χ3v) is 4.77. The van der Waals surface area contributed by atoms with Crippen molar-refractivity contribution < 1.29 is 36.3 Å². The fourth-order valence-electron chi connectivity index (χ4n) is 2.02. The van der Waals surface area contributed by atoms with Gasteiger partial charge in [0.2, 0.25) is 15.8 Å². The summed E-state index contributed by atoms with van der Waals surface area (Å²) in [5.74, 6) is -2.92. The highest BCUT2D eigenvalue weighted by atomic mass is 32.2. The number of nitrogens with one attached hydrogen (secondary N) is 1. The maximum atomic E-state index is 13.3. The van der Waals surface area contributed by atoms with Gasteiger partial charge >= 0.3 is 5.97 Å². The van der Waals surface area contributed by atoms with Gasteiger partial charge in [-0.15, -0.1) is 0 Å². The number of hydrogen-bond acceptors (Lipinski definition) is 6. The zero-order valence-corrected chi connectivity index (χ0v) is 14.9. The summed E-state index contributed by atoms with van der Waals surface area (Å²) in [5, 5.41) is 0. The van der Waals surface area contributed by atoms with Crippen LogP contribution in [0.3, 0.4) is 0 Å². The quantitative estimate of drug-likeness (QED) is 0.536. The van der Waals surface area contributed by atoms with Gasteiger partial charge < -0.3 is 9.47 Å². The molecule has 10 heteroatoms. The Labute approximate surface area is 154 Å². The van der Waals surface area contributed by atoms with Gasteiger partial charge in [-0.2, -0.15) is 4.72 Å². The molecule has 0 aliphatic heterocycles. The van der Waals surface area contributed by atoms with E-state index in [9.17, 15) is 26.8 Å². The van der Waals surface area contributed by atoms with E-state index in [1.807, 2.05) is 4.72 Å². The van der Waals surface area contributed by atoms with Crippen molar-refractivity contribution in [1.82, 2.24) is 4.72 Å². The van der Waals surface area contributed by atoms with Crippen LogP contribution in [0.25, 0.3) is 0 Å². The summed E-state index contributed by atoms with van der Waals surface area (Å²) in [6.07, 6.45) is 0. The van der Waals surface area contributed by atoms with Crippen LogP contribution < -0.4 is 9.46 Å². The van der Waals surface area contributed by atoms with E-state index in [0.29, 0.717) is 0 Å². The third-order valence-electron chi connectivity index (χ3n) is 3.36. The minimum absolute atomic E-state index is 0.106. The Hall–Kier alpha value is -2.85. The standard InChI is InChI=1S/C17H15F2NO6S/c1-25-16-7-4-12(19)8-14(16)15(21)10-26-17(22)9-20-27(23,24)13-5-2-11(18)3-6-13/h2-8,20H,9-10H2,1H3. The van der Waals surface area contributed by atoms with Crippen molar-refractivity contribution in [2.75, 3.05) is 20.3 Å². The number of esters is 1. The fraction of sp³-hybridized carbons (Fsp3) is 0.176. The Morgan fingerprint density at radius 2 is 1.67 bits per heavy atom. The highest BCUT2D eigenvalue weighted by Crippen LogP contribution is 2.20. The summed E-state index contributed by atoms with van der Waals surface area (Å²) in [6, 6.07) is 7.26.